The van der Waals surface area contributed by atoms with Crippen LogP contribution in [0.25, 0.3) is 0 Å². The van der Waals surface area contributed by atoms with Crippen molar-refractivity contribution in [3.05, 3.63) is 21.9 Å². The Morgan fingerprint density at radius 2 is 2.25 bits per heavy atom. The molecule has 0 spiro atoms. The molecule has 2 atom stereocenters. The first-order valence-corrected chi connectivity index (χ1v) is 7.81. The summed E-state index contributed by atoms with van der Waals surface area (Å²) in [6.07, 6.45) is 0.00992. The van der Waals surface area contributed by atoms with Gasteiger partial charge in [-0.15, -0.1) is 11.3 Å². The molecule has 1 fully saturated rings. The molecule has 2 N–H and O–H groups in total. The van der Waals surface area contributed by atoms with Gasteiger partial charge < -0.3 is 15.2 Å². The van der Waals surface area contributed by atoms with Crippen molar-refractivity contribution < 1.29 is 14.6 Å². The Labute approximate surface area is 124 Å². The number of ether oxygens (including phenoxy) is 1. The van der Waals surface area contributed by atoms with Gasteiger partial charge in [0.25, 0.3) is 0 Å². The van der Waals surface area contributed by atoms with E-state index in [1.54, 1.807) is 0 Å². The monoisotopic (exact) mass is 297 g/mol. The van der Waals surface area contributed by atoms with E-state index < -0.39 is 17.1 Å². The van der Waals surface area contributed by atoms with Crippen LogP contribution < -0.4 is 5.32 Å². The Bertz CT molecular complexity index is 492. The van der Waals surface area contributed by atoms with Gasteiger partial charge in [0.2, 0.25) is 0 Å². The van der Waals surface area contributed by atoms with Crippen LogP contribution in [0.1, 0.15) is 37.6 Å². The predicted octanol–water partition coefficient (Wildman–Crippen LogP) is 2.20. The van der Waals surface area contributed by atoms with E-state index in [9.17, 15) is 9.90 Å². The van der Waals surface area contributed by atoms with Crippen molar-refractivity contribution in [3.63, 3.8) is 0 Å². The fourth-order valence-electron chi connectivity index (χ4n) is 2.23. The van der Waals surface area contributed by atoms with E-state index in [-0.39, 0.29) is 5.97 Å². The number of hydrogen-bond acceptors (Lipinski definition) is 5. The van der Waals surface area contributed by atoms with Gasteiger partial charge in [-0.25, -0.2) is 0 Å². The summed E-state index contributed by atoms with van der Waals surface area (Å²) in [6.45, 7) is 8.66. The van der Waals surface area contributed by atoms with E-state index in [2.05, 4.69) is 5.32 Å². The van der Waals surface area contributed by atoms with Crippen molar-refractivity contribution in [2.45, 2.75) is 45.8 Å². The molecule has 20 heavy (non-hydrogen) atoms. The summed E-state index contributed by atoms with van der Waals surface area (Å²) in [4.78, 5) is 13.0. The first-order valence-electron chi connectivity index (χ1n) is 6.93. The second kappa shape index (κ2) is 5.47. The standard InChI is InChI=1S/C15H23NO3S/c1-10-7-12(20-9-10)15(18)5-6-16-8-11(15)19-13(17)14(2,3)4/h7,9,11,16,18H,5-6,8H2,1-4H3/t11-,15+/m0/s1. The maximum atomic E-state index is 12.1. The number of thiophene rings is 1. The Morgan fingerprint density at radius 3 is 2.80 bits per heavy atom. The number of nitrogens with one attached hydrogen (secondary N) is 1. The summed E-state index contributed by atoms with van der Waals surface area (Å²) in [5.74, 6) is -0.280. The average molecular weight is 297 g/mol. The summed E-state index contributed by atoms with van der Waals surface area (Å²) in [6, 6.07) is 1.98. The summed E-state index contributed by atoms with van der Waals surface area (Å²) >= 11 is 1.52. The van der Waals surface area contributed by atoms with Crippen LogP contribution in [0.2, 0.25) is 0 Å². The smallest absolute Gasteiger partial charge is 0.311 e. The van der Waals surface area contributed by atoms with Crippen molar-refractivity contribution in [2.24, 2.45) is 5.41 Å². The van der Waals surface area contributed by atoms with Gasteiger partial charge >= 0.3 is 5.97 Å². The topological polar surface area (TPSA) is 58.6 Å². The van der Waals surface area contributed by atoms with Crippen molar-refractivity contribution >= 4 is 17.3 Å². The van der Waals surface area contributed by atoms with Gasteiger partial charge in [0.15, 0.2) is 0 Å². The Hall–Kier alpha value is -0.910. The molecule has 1 aliphatic heterocycles. The largest absolute Gasteiger partial charge is 0.457 e. The fraction of sp³-hybridized carbons (Fsp3) is 0.667. The zero-order valence-corrected chi connectivity index (χ0v) is 13.3. The van der Waals surface area contributed by atoms with Crippen LogP contribution >= 0.6 is 11.3 Å². The van der Waals surface area contributed by atoms with Crippen LogP contribution in [0.5, 0.6) is 0 Å². The van der Waals surface area contributed by atoms with Crippen molar-refractivity contribution in [1.29, 1.82) is 0 Å². The third-order valence-corrected chi connectivity index (χ3v) is 4.78. The number of rotatable bonds is 2. The number of aliphatic hydroxyl groups is 1. The Balaban J connectivity index is 2.23. The van der Waals surface area contributed by atoms with Crippen molar-refractivity contribution in [3.8, 4) is 0 Å². The molecule has 1 aromatic rings. The third-order valence-electron chi connectivity index (χ3n) is 3.56. The molecule has 4 nitrogen and oxygen atoms in total. The second-order valence-electron chi connectivity index (χ2n) is 6.51. The highest BCUT2D eigenvalue weighted by Crippen LogP contribution is 2.37. The lowest BCUT2D eigenvalue weighted by Crippen LogP contribution is -2.54. The molecule has 1 aromatic heterocycles. The van der Waals surface area contributed by atoms with Gasteiger partial charge in [0.05, 0.1) is 5.41 Å². The van der Waals surface area contributed by atoms with Crippen LogP contribution in [-0.2, 0) is 15.1 Å². The zero-order chi connectivity index (χ0) is 15.0. The highest BCUT2D eigenvalue weighted by molar-refractivity contribution is 7.10. The Kier molecular flexibility index (Phi) is 4.23. The van der Waals surface area contributed by atoms with E-state index in [4.69, 9.17) is 4.74 Å². The quantitative estimate of drug-likeness (QED) is 0.822. The molecule has 0 unspecified atom stereocenters. The summed E-state index contributed by atoms with van der Waals surface area (Å²) in [7, 11) is 0. The van der Waals surface area contributed by atoms with Crippen LogP contribution in [0.4, 0.5) is 0 Å². The maximum absolute atomic E-state index is 12.1. The SMILES string of the molecule is Cc1csc([C@@]2(O)CCNC[C@@H]2OC(=O)C(C)(C)C)c1. The third kappa shape index (κ3) is 3.05. The van der Waals surface area contributed by atoms with Gasteiger partial charge in [0.1, 0.15) is 11.7 Å². The highest BCUT2D eigenvalue weighted by Gasteiger charge is 2.45. The molecule has 0 bridgehead atoms. The molecule has 2 rings (SSSR count). The molecule has 0 saturated carbocycles. The summed E-state index contributed by atoms with van der Waals surface area (Å²) in [5, 5.41) is 16.2. The number of esters is 1. The van der Waals surface area contributed by atoms with E-state index in [1.165, 1.54) is 11.3 Å². The second-order valence-corrected chi connectivity index (χ2v) is 7.42. The number of carbonyl (C=O) groups is 1. The molecule has 0 aromatic carbocycles. The molecule has 1 saturated heterocycles. The summed E-state index contributed by atoms with van der Waals surface area (Å²) < 4.78 is 5.59. The molecule has 0 aliphatic carbocycles. The maximum Gasteiger partial charge on any atom is 0.311 e. The normalized spacial score (nSPS) is 27.4. The number of hydrogen-bond donors (Lipinski definition) is 2. The molecule has 1 aliphatic rings. The van der Waals surface area contributed by atoms with Gasteiger partial charge in [-0.2, -0.15) is 0 Å². The predicted molar refractivity (Wildman–Crippen MR) is 79.8 cm³/mol. The van der Waals surface area contributed by atoms with E-state index in [0.29, 0.717) is 13.0 Å². The molecule has 0 amide bonds. The van der Waals surface area contributed by atoms with Crippen LogP contribution in [0.15, 0.2) is 11.4 Å². The minimum absolute atomic E-state index is 0.280. The molecule has 2 heterocycles. The van der Waals surface area contributed by atoms with Crippen LogP contribution in [0.3, 0.4) is 0 Å². The number of carbonyl (C=O) groups excluding carboxylic acids is 1. The average Bonchev–Trinajstić information content (AvgIpc) is 2.78. The van der Waals surface area contributed by atoms with Crippen molar-refractivity contribution in [1.82, 2.24) is 5.32 Å². The molecular weight excluding hydrogens is 274 g/mol. The lowest BCUT2D eigenvalue weighted by Gasteiger charge is -2.39. The van der Waals surface area contributed by atoms with Crippen LogP contribution in [0, 0.1) is 12.3 Å². The minimum Gasteiger partial charge on any atom is -0.457 e. The van der Waals surface area contributed by atoms with E-state index in [1.807, 2.05) is 39.1 Å². The van der Waals surface area contributed by atoms with Crippen molar-refractivity contribution in [2.75, 3.05) is 13.1 Å². The van der Waals surface area contributed by atoms with Crippen LogP contribution in [-0.4, -0.2) is 30.3 Å². The molecular formula is C15H23NO3S. The molecule has 5 heteroatoms. The molecule has 0 radical (unpaired) electrons. The minimum atomic E-state index is -1.08. The van der Waals surface area contributed by atoms with E-state index in [0.717, 1.165) is 17.0 Å². The molecule has 112 valence electrons. The summed E-state index contributed by atoms with van der Waals surface area (Å²) in [5.41, 5.74) is -0.521. The van der Waals surface area contributed by atoms with Gasteiger partial charge in [-0.3, -0.25) is 4.79 Å². The lowest BCUT2D eigenvalue weighted by atomic mass is 9.87. The van der Waals surface area contributed by atoms with Gasteiger partial charge in [-0.05, 0) is 57.7 Å². The number of aryl methyl sites for hydroxylation is 1. The zero-order valence-electron chi connectivity index (χ0n) is 12.5. The number of piperidine rings is 1. The van der Waals surface area contributed by atoms with Gasteiger partial charge in [-0.1, -0.05) is 0 Å². The Morgan fingerprint density at radius 1 is 1.55 bits per heavy atom. The highest BCUT2D eigenvalue weighted by atomic mass is 32.1. The fourth-order valence-corrected chi connectivity index (χ4v) is 3.30. The van der Waals surface area contributed by atoms with Gasteiger partial charge in [0, 0.05) is 11.4 Å². The lowest BCUT2D eigenvalue weighted by molar-refractivity contribution is -0.179. The first kappa shape index (κ1) is 15.5. The van der Waals surface area contributed by atoms with E-state index >= 15 is 0 Å². The first-order chi connectivity index (χ1) is 9.23.